The van der Waals surface area contributed by atoms with Gasteiger partial charge in [0.2, 0.25) is 6.19 Å². The third kappa shape index (κ3) is 3.11. The lowest BCUT2D eigenvalue weighted by molar-refractivity contribution is 0.359. The molecule has 0 aromatic rings. The molecule has 0 saturated carbocycles. The minimum Gasteiger partial charge on any atom is -0.346 e. The van der Waals surface area contributed by atoms with E-state index in [9.17, 15) is 8.42 Å². The van der Waals surface area contributed by atoms with Gasteiger partial charge in [0.05, 0.1) is 11.5 Å². The molecule has 0 bridgehead atoms. The number of aliphatic imine (C=N–C) groups is 1. The molecule has 0 aromatic carbocycles. The van der Waals surface area contributed by atoms with Crippen molar-refractivity contribution in [3.05, 3.63) is 0 Å². The first-order chi connectivity index (χ1) is 7.00. The molecule has 0 radical (unpaired) electrons. The van der Waals surface area contributed by atoms with E-state index in [0.29, 0.717) is 11.7 Å². The highest BCUT2D eigenvalue weighted by Gasteiger charge is 2.29. The standard InChI is InChI=1S/C8H13N3O2S2/c1-7-5-15(12,13)4-3-11(7)8(14-2)10-6-9/h7H,3-5H2,1-2H3. The minimum absolute atomic E-state index is 0.108. The van der Waals surface area contributed by atoms with E-state index in [-0.39, 0.29) is 17.5 Å². The zero-order valence-corrected chi connectivity index (χ0v) is 10.3. The lowest BCUT2D eigenvalue weighted by Gasteiger charge is -2.34. The van der Waals surface area contributed by atoms with Gasteiger partial charge in [0.1, 0.15) is 0 Å². The summed E-state index contributed by atoms with van der Waals surface area (Å²) in [7, 11) is -2.91. The zero-order chi connectivity index (χ0) is 11.5. The summed E-state index contributed by atoms with van der Waals surface area (Å²) in [5, 5.41) is 9.09. The number of nitrogens with zero attached hydrogens (tertiary/aromatic N) is 3. The van der Waals surface area contributed by atoms with Crippen molar-refractivity contribution in [2.45, 2.75) is 13.0 Å². The van der Waals surface area contributed by atoms with Gasteiger partial charge in [-0.05, 0) is 13.2 Å². The summed E-state index contributed by atoms with van der Waals surface area (Å²) in [4.78, 5) is 5.55. The molecule has 1 atom stereocenters. The Morgan fingerprint density at radius 3 is 2.80 bits per heavy atom. The van der Waals surface area contributed by atoms with Crippen LogP contribution < -0.4 is 0 Å². The molecule has 1 saturated heterocycles. The van der Waals surface area contributed by atoms with Crippen molar-refractivity contribution in [2.24, 2.45) is 4.99 Å². The first-order valence-corrected chi connectivity index (χ1v) is 7.52. The molecule has 0 amide bonds. The van der Waals surface area contributed by atoms with Crippen molar-refractivity contribution >= 4 is 26.8 Å². The minimum atomic E-state index is -2.91. The number of amidine groups is 1. The second kappa shape index (κ2) is 4.86. The van der Waals surface area contributed by atoms with Crippen LogP contribution in [0.15, 0.2) is 4.99 Å². The number of hydrogen-bond donors (Lipinski definition) is 0. The molecule has 84 valence electrons. The average molecular weight is 247 g/mol. The van der Waals surface area contributed by atoms with E-state index in [1.165, 1.54) is 11.8 Å². The van der Waals surface area contributed by atoms with Crippen LogP contribution in [0.25, 0.3) is 0 Å². The summed E-state index contributed by atoms with van der Waals surface area (Å²) in [6.07, 6.45) is 3.56. The maximum Gasteiger partial charge on any atom is 0.208 e. The fourth-order valence-corrected chi connectivity index (χ4v) is 3.75. The first-order valence-electron chi connectivity index (χ1n) is 4.48. The van der Waals surface area contributed by atoms with Gasteiger partial charge in [-0.1, -0.05) is 11.8 Å². The molecule has 1 unspecified atom stereocenters. The van der Waals surface area contributed by atoms with Crippen molar-refractivity contribution < 1.29 is 8.42 Å². The van der Waals surface area contributed by atoms with Crippen LogP contribution in [0.4, 0.5) is 0 Å². The Labute approximate surface area is 94.1 Å². The molecule has 7 heteroatoms. The van der Waals surface area contributed by atoms with Crippen LogP contribution in [-0.4, -0.2) is 48.8 Å². The lowest BCUT2D eigenvalue weighted by atomic mass is 10.3. The highest BCUT2D eigenvalue weighted by Crippen LogP contribution is 2.16. The molecule has 1 heterocycles. The molecular weight excluding hydrogens is 234 g/mol. The Hall–Kier alpha value is -0.740. The Bertz CT molecular complexity index is 397. The fraction of sp³-hybridized carbons (Fsp3) is 0.750. The molecule has 1 fully saturated rings. The summed E-state index contributed by atoms with van der Waals surface area (Å²) in [5.41, 5.74) is 0. The SMILES string of the molecule is CSC(=NC#N)N1CCS(=O)(=O)CC1C. The quantitative estimate of drug-likeness (QED) is 0.350. The number of rotatable bonds is 0. The van der Waals surface area contributed by atoms with Crippen molar-refractivity contribution in [2.75, 3.05) is 24.3 Å². The van der Waals surface area contributed by atoms with E-state index in [0.717, 1.165) is 0 Å². The predicted molar refractivity (Wildman–Crippen MR) is 61.4 cm³/mol. The van der Waals surface area contributed by atoms with E-state index in [1.54, 1.807) is 6.19 Å². The van der Waals surface area contributed by atoms with Gasteiger partial charge in [-0.25, -0.2) is 8.42 Å². The maximum absolute atomic E-state index is 11.3. The molecule has 0 aliphatic carbocycles. The molecule has 0 N–H and O–H groups in total. The Balaban J connectivity index is 2.83. The van der Waals surface area contributed by atoms with Gasteiger partial charge in [-0.15, -0.1) is 4.99 Å². The summed E-state index contributed by atoms with van der Waals surface area (Å²) in [5.74, 6) is 0.278. The largest absolute Gasteiger partial charge is 0.346 e. The molecule has 0 aromatic heterocycles. The summed E-state index contributed by atoms with van der Waals surface area (Å²) in [6.45, 7) is 2.25. The summed E-state index contributed by atoms with van der Waals surface area (Å²) in [6, 6.07) is -0.108. The van der Waals surface area contributed by atoms with Crippen molar-refractivity contribution in [3.8, 4) is 6.19 Å². The van der Waals surface area contributed by atoms with Gasteiger partial charge in [-0.2, -0.15) is 5.26 Å². The van der Waals surface area contributed by atoms with Crippen LogP contribution in [0.1, 0.15) is 6.92 Å². The van der Waals surface area contributed by atoms with Gasteiger partial charge >= 0.3 is 0 Å². The van der Waals surface area contributed by atoms with Crippen LogP contribution >= 0.6 is 11.8 Å². The van der Waals surface area contributed by atoms with Crippen LogP contribution in [0.3, 0.4) is 0 Å². The predicted octanol–water partition coefficient (Wildman–Crippen LogP) is 0.305. The fourth-order valence-electron chi connectivity index (χ4n) is 1.55. The number of nitriles is 1. The van der Waals surface area contributed by atoms with Gasteiger partial charge in [-0.3, -0.25) is 0 Å². The zero-order valence-electron chi connectivity index (χ0n) is 8.67. The second-order valence-corrected chi connectivity index (χ2v) is 6.36. The lowest BCUT2D eigenvalue weighted by Crippen LogP contribution is -2.48. The Kier molecular flexibility index (Phi) is 3.99. The highest BCUT2D eigenvalue weighted by atomic mass is 32.2. The first kappa shape index (κ1) is 12.3. The van der Waals surface area contributed by atoms with Crippen LogP contribution in [0.5, 0.6) is 0 Å². The maximum atomic E-state index is 11.3. The van der Waals surface area contributed by atoms with Crippen molar-refractivity contribution in [1.29, 1.82) is 5.26 Å². The van der Waals surface area contributed by atoms with Gasteiger partial charge in [0.25, 0.3) is 0 Å². The average Bonchev–Trinajstić information content (AvgIpc) is 2.14. The van der Waals surface area contributed by atoms with E-state index in [4.69, 9.17) is 5.26 Å². The summed E-state index contributed by atoms with van der Waals surface area (Å²) >= 11 is 1.36. The Morgan fingerprint density at radius 2 is 2.33 bits per heavy atom. The Morgan fingerprint density at radius 1 is 1.67 bits per heavy atom. The molecule has 5 nitrogen and oxygen atoms in total. The molecular formula is C8H13N3O2S2. The van der Waals surface area contributed by atoms with Crippen LogP contribution in [-0.2, 0) is 9.84 Å². The van der Waals surface area contributed by atoms with E-state index in [2.05, 4.69) is 4.99 Å². The molecule has 0 spiro atoms. The van der Waals surface area contributed by atoms with Gasteiger partial charge in [0, 0.05) is 12.6 Å². The van der Waals surface area contributed by atoms with Gasteiger partial charge in [0.15, 0.2) is 15.0 Å². The third-order valence-corrected chi connectivity index (χ3v) is 4.73. The summed E-state index contributed by atoms with van der Waals surface area (Å²) < 4.78 is 22.7. The molecule has 1 aliphatic rings. The molecule has 1 aliphatic heterocycles. The van der Waals surface area contributed by atoms with Crippen molar-refractivity contribution in [3.63, 3.8) is 0 Å². The topological polar surface area (TPSA) is 73.5 Å². The number of sulfone groups is 1. The molecule has 15 heavy (non-hydrogen) atoms. The normalized spacial score (nSPS) is 26.1. The second-order valence-electron chi connectivity index (χ2n) is 3.36. The van der Waals surface area contributed by atoms with Gasteiger partial charge < -0.3 is 4.90 Å². The smallest absolute Gasteiger partial charge is 0.208 e. The van der Waals surface area contributed by atoms with Crippen molar-refractivity contribution in [1.82, 2.24) is 4.90 Å². The van der Waals surface area contributed by atoms with Crippen LogP contribution in [0.2, 0.25) is 0 Å². The highest BCUT2D eigenvalue weighted by molar-refractivity contribution is 8.13. The third-order valence-electron chi connectivity index (χ3n) is 2.24. The van der Waals surface area contributed by atoms with E-state index >= 15 is 0 Å². The number of thioether (sulfide) groups is 1. The molecule has 1 rings (SSSR count). The number of hydrogen-bond acceptors (Lipinski definition) is 5. The van der Waals surface area contributed by atoms with E-state index < -0.39 is 9.84 Å². The van der Waals surface area contributed by atoms with Crippen LogP contribution in [0, 0.1) is 11.5 Å². The van der Waals surface area contributed by atoms with E-state index in [1.807, 2.05) is 18.1 Å². The monoisotopic (exact) mass is 247 g/mol.